The molecule has 0 aromatic rings. The second-order valence-corrected chi connectivity index (χ2v) is 0. The summed E-state index contributed by atoms with van der Waals surface area (Å²) in [6, 6.07) is 0. The summed E-state index contributed by atoms with van der Waals surface area (Å²) in [6.45, 7) is 0. The standard InChI is InChI=1S/Bi.Cr.Fe.4O/q2*+3;+2;4*-2. The van der Waals surface area contributed by atoms with Gasteiger partial charge in [-0.15, -0.1) is 0 Å². The van der Waals surface area contributed by atoms with Crippen molar-refractivity contribution in [2.75, 3.05) is 0 Å². The van der Waals surface area contributed by atoms with Crippen LogP contribution in [0.4, 0.5) is 0 Å². The molecule has 0 aliphatic carbocycles. The molecule has 7 heteroatoms. The van der Waals surface area contributed by atoms with E-state index in [4.69, 9.17) is 0 Å². The normalized spacial score (nSPS) is 0. The van der Waals surface area contributed by atoms with Crippen molar-refractivity contribution in [3.05, 3.63) is 0 Å². The van der Waals surface area contributed by atoms with E-state index >= 15 is 0 Å². The van der Waals surface area contributed by atoms with Gasteiger partial charge in [-0.1, -0.05) is 0 Å². The molecule has 0 rings (SSSR count). The fourth-order valence-corrected chi connectivity index (χ4v) is 0. The molecule has 0 aromatic heterocycles. The molecule has 43 valence electrons. The van der Waals surface area contributed by atoms with E-state index in [1.807, 2.05) is 0 Å². The van der Waals surface area contributed by atoms with Crippen LogP contribution in [0.2, 0.25) is 0 Å². The van der Waals surface area contributed by atoms with E-state index in [-0.39, 0.29) is 82.5 Å². The molecular formula is BiCrFeO4. The summed E-state index contributed by atoms with van der Waals surface area (Å²) in [5, 5.41) is 0. The second kappa shape index (κ2) is 113. The minimum Gasteiger partial charge on any atom is -2.00 e. The third-order valence-corrected chi connectivity index (χ3v) is 0. The molecule has 0 fully saturated rings. The van der Waals surface area contributed by atoms with Gasteiger partial charge < -0.3 is 21.9 Å². The summed E-state index contributed by atoms with van der Waals surface area (Å²) in [5.74, 6) is 0. The topological polar surface area (TPSA) is 114 Å². The van der Waals surface area contributed by atoms with Crippen LogP contribution in [-0.4, -0.2) is 26.2 Å². The molecule has 7 heavy (non-hydrogen) atoms. The van der Waals surface area contributed by atoms with Crippen LogP contribution in [0.3, 0.4) is 0 Å². The zero-order chi connectivity index (χ0) is 0. The van der Waals surface area contributed by atoms with Crippen molar-refractivity contribution in [1.29, 1.82) is 0 Å². The van der Waals surface area contributed by atoms with Gasteiger partial charge in [0.2, 0.25) is 0 Å². The van der Waals surface area contributed by atoms with Crippen molar-refractivity contribution in [2.45, 2.75) is 0 Å². The first-order valence-corrected chi connectivity index (χ1v) is 0. The Kier molecular flexibility index (Phi) is 2720. The Morgan fingerprint density at radius 3 is 0.571 bits per heavy atom. The van der Waals surface area contributed by atoms with E-state index in [9.17, 15) is 0 Å². The zero-order valence-electron chi connectivity index (χ0n) is 2.84. The molecular weight excluding hydrogens is 381 g/mol. The van der Waals surface area contributed by atoms with Crippen LogP contribution < -0.4 is 0 Å². The molecule has 0 heterocycles. The molecule has 0 atom stereocenters. The average molecular weight is 381 g/mol. The van der Waals surface area contributed by atoms with Crippen LogP contribution in [0.5, 0.6) is 0 Å². The van der Waals surface area contributed by atoms with Gasteiger partial charge in [0, 0.05) is 0 Å². The van der Waals surface area contributed by atoms with Gasteiger partial charge in [-0.25, -0.2) is 0 Å². The van der Waals surface area contributed by atoms with Gasteiger partial charge in [0.1, 0.15) is 0 Å². The second-order valence-electron chi connectivity index (χ2n) is 0. The third-order valence-electron chi connectivity index (χ3n) is 0. The summed E-state index contributed by atoms with van der Waals surface area (Å²) in [5.41, 5.74) is 0. The Hall–Kier alpha value is 1.78. The molecule has 0 spiro atoms. The van der Waals surface area contributed by atoms with Crippen LogP contribution in [0.1, 0.15) is 0 Å². The maximum atomic E-state index is 0. The number of hydrogen-bond acceptors (Lipinski definition) is 0. The van der Waals surface area contributed by atoms with E-state index in [2.05, 4.69) is 0 Å². The molecule has 0 aliphatic rings. The molecule has 3 radical (unpaired) electrons. The predicted octanol–water partition coefficient (Wildman–Crippen LogP) is -0.861. The fraction of sp³-hybridized carbons (Fsp3) is 0. The largest absolute Gasteiger partial charge is 3.00 e. The van der Waals surface area contributed by atoms with E-state index < -0.39 is 0 Å². The van der Waals surface area contributed by atoms with Crippen LogP contribution >= 0.6 is 0 Å². The minimum atomic E-state index is 0. The molecule has 4 nitrogen and oxygen atoms in total. The number of rotatable bonds is 0. The van der Waals surface area contributed by atoms with Crippen molar-refractivity contribution in [2.24, 2.45) is 0 Å². The molecule has 0 aromatic carbocycles. The summed E-state index contributed by atoms with van der Waals surface area (Å²) in [4.78, 5) is 0. The van der Waals surface area contributed by atoms with Crippen molar-refractivity contribution in [3.63, 3.8) is 0 Å². The summed E-state index contributed by atoms with van der Waals surface area (Å²) in [7, 11) is 0. The van der Waals surface area contributed by atoms with E-state index in [0.29, 0.717) is 0 Å². The van der Waals surface area contributed by atoms with Crippen LogP contribution in [0, 0.1) is 0 Å². The Morgan fingerprint density at radius 2 is 0.571 bits per heavy atom. The number of hydrogen-bond donors (Lipinski definition) is 0. The molecule has 0 unspecified atom stereocenters. The van der Waals surface area contributed by atoms with Crippen LogP contribution in [0.25, 0.3) is 0 Å². The smallest absolute Gasteiger partial charge is 2.00 e. The van der Waals surface area contributed by atoms with Crippen molar-refractivity contribution in [3.8, 4) is 0 Å². The summed E-state index contributed by atoms with van der Waals surface area (Å²) in [6.07, 6.45) is 0. The first kappa shape index (κ1) is 168. The Balaban J connectivity index is 0. The van der Waals surface area contributed by atoms with E-state index in [1.165, 1.54) is 0 Å². The van der Waals surface area contributed by atoms with Gasteiger partial charge >= 0.3 is 60.6 Å². The van der Waals surface area contributed by atoms with Crippen LogP contribution in [0.15, 0.2) is 0 Å². The molecule has 0 aliphatic heterocycles. The van der Waals surface area contributed by atoms with Crippen molar-refractivity contribution < 1.29 is 56.3 Å². The van der Waals surface area contributed by atoms with Gasteiger partial charge in [0.25, 0.3) is 0 Å². The minimum absolute atomic E-state index is 0. The molecule has 0 bridgehead atoms. The van der Waals surface area contributed by atoms with Gasteiger partial charge in [-0.3, -0.25) is 0 Å². The molecule has 0 N–H and O–H groups in total. The zero-order valence-corrected chi connectivity index (χ0v) is 8.70. The third kappa shape index (κ3) is 82.3. The maximum Gasteiger partial charge on any atom is 3.00 e. The quantitative estimate of drug-likeness (QED) is 0.487. The van der Waals surface area contributed by atoms with Gasteiger partial charge in [-0.05, 0) is 0 Å². The van der Waals surface area contributed by atoms with Crippen molar-refractivity contribution in [1.82, 2.24) is 0 Å². The SMILES string of the molecule is [Bi+3].[Cr+3].[Fe+2].[O-2].[O-2].[O-2].[O-2]. The Morgan fingerprint density at radius 1 is 0.571 bits per heavy atom. The predicted molar refractivity (Wildman–Crippen MR) is 8.50 cm³/mol. The monoisotopic (exact) mass is 381 g/mol. The summed E-state index contributed by atoms with van der Waals surface area (Å²) < 4.78 is 0. The average Bonchev–Trinajstić information content (AvgIpc) is 0. The van der Waals surface area contributed by atoms with Crippen molar-refractivity contribution >= 4 is 26.2 Å². The van der Waals surface area contributed by atoms with Crippen LogP contribution in [-0.2, 0) is 56.3 Å². The Labute approximate surface area is 82.0 Å². The van der Waals surface area contributed by atoms with Gasteiger partial charge in [0.05, 0.1) is 0 Å². The first-order chi connectivity index (χ1) is 0. The Bertz CT molecular complexity index is 11.7. The van der Waals surface area contributed by atoms with E-state index in [1.54, 1.807) is 0 Å². The van der Waals surface area contributed by atoms with E-state index in [0.717, 1.165) is 0 Å². The molecule has 0 saturated heterocycles. The molecule has 0 saturated carbocycles. The maximum absolute atomic E-state index is 0. The van der Waals surface area contributed by atoms with Gasteiger partial charge in [-0.2, -0.15) is 0 Å². The van der Waals surface area contributed by atoms with Gasteiger partial charge in [0.15, 0.2) is 0 Å². The molecule has 0 amide bonds. The first-order valence-electron chi connectivity index (χ1n) is 0. The fourth-order valence-electron chi connectivity index (χ4n) is 0. The summed E-state index contributed by atoms with van der Waals surface area (Å²) >= 11 is 0.